The van der Waals surface area contributed by atoms with E-state index in [2.05, 4.69) is 56.6 Å². The maximum absolute atomic E-state index is 5.37. The normalized spacial score (nSPS) is 17.6. The van der Waals surface area contributed by atoms with E-state index in [9.17, 15) is 0 Å². The van der Waals surface area contributed by atoms with Crippen molar-refractivity contribution in [2.75, 3.05) is 31.2 Å². The molecule has 2 rings (SSSR count). The monoisotopic (exact) mass is 262 g/mol. The minimum absolute atomic E-state index is 0.115. The summed E-state index contributed by atoms with van der Waals surface area (Å²) < 4.78 is 5.37. The SMILES string of the molecule is CC(C)(C)C(C)(C)c1ccc(N2CCOCC2)nc1. The number of aromatic nitrogens is 1. The summed E-state index contributed by atoms with van der Waals surface area (Å²) in [5.41, 5.74) is 1.63. The Morgan fingerprint density at radius 1 is 1.05 bits per heavy atom. The van der Waals surface area contributed by atoms with E-state index < -0.39 is 0 Å². The zero-order chi connectivity index (χ0) is 14.1. The van der Waals surface area contributed by atoms with Crippen LogP contribution in [0.5, 0.6) is 0 Å². The minimum Gasteiger partial charge on any atom is -0.378 e. The Labute approximate surface area is 117 Å². The fraction of sp³-hybridized carbons (Fsp3) is 0.688. The third kappa shape index (κ3) is 2.92. The van der Waals surface area contributed by atoms with Gasteiger partial charge in [0.15, 0.2) is 0 Å². The minimum atomic E-state index is 0.115. The van der Waals surface area contributed by atoms with E-state index in [1.54, 1.807) is 0 Å². The summed E-state index contributed by atoms with van der Waals surface area (Å²) in [6, 6.07) is 4.37. The number of hydrogen-bond acceptors (Lipinski definition) is 3. The highest BCUT2D eigenvalue weighted by molar-refractivity contribution is 5.41. The lowest BCUT2D eigenvalue weighted by Crippen LogP contribution is -2.37. The third-order valence-corrected chi connectivity index (χ3v) is 4.68. The molecule has 0 aliphatic carbocycles. The first-order chi connectivity index (χ1) is 8.82. The third-order valence-electron chi connectivity index (χ3n) is 4.68. The molecular formula is C16H26N2O. The molecule has 0 unspecified atom stereocenters. The lowest BCUT2D eigenvalue weighted by molar-refractivity contribution is 0.122. The maximum Gasteiger partial charge on any atom is 0.128 e. The van der Waals surface area contributed by atoms with E-state index >= 15 is 0 Å². The van der Waals surface area contributed by atoms with Gasteiger partial charge in [-0.15, -0.1) is 0 Å². The lowest BCUT2D eigenvalue weighted by atomic mass is 9.66. The average molecular weight is 262 g/mol. The van der Waals surface area contributed by atoms with Gasteiger partial charge >= 0.3 is 0 Å². The molecule has 1 fully saturated rings. The average Bonchev–Trinajstić information content (AvgIpc) is 2.39. The number of anilines is 1. The van der Waals surface area contributed by atoms with Gasteiger partial charge in [0.05, 0.1) is 13.2 Å². The molecule has 3 nitrogen and oxygen atoms in total. The van der Waals surface area contributed by atoms with Crippen LogP contribution in [-0.2, 0) is 10.2 Å². The summed E-state index contributed by atoms with van der Waals surface area (Å²) in [6.45, 7) is 14.9. The summed E-state index contributed by atoms with van der Waals surface area (Å²) >= 11 is 0. The molecule has 0 amide bonds. The smallest absolute Gasteiger partial charge is 0.128 e. The molecule has 3 heteroatoms. The van der Waals surface area contributed by atoms with E-state index in [1.165, 1.54) is 5.56 Å². The van der Waals surface area contributed by atoms with Crippen LogP contribution in [0.2, 0.25) is 0 Å². The maximum atomic E-state index is 5.37. The summed E-state index contributed by atoms with van der Waals surface area (Å²) in [5.74, 6) is 1.07. The van der Waals surface area contributed by atoms with E-state index in [-0.39, 0.29) is 10.8 Å². The number of rotatable bonds is 2. The second kappa shape index (κ2) is 5.12. The van der Waals surface area contributed by atoms with Crippen LogP contribution in [0.3, 0.4) is 0 Å². The van der Waals surface area contributed by atoms with E-state index in [0.29, 0.717) is 0 Å². The number of ether oxygens (including phenoxy) is 1. The van der Waals surface area contributed by atoms with Gasteiger partial charge in [0.1, 0.15) is 5.82 Å². The molecule has 0 atom stereocenters. The van der Waals surface area contributed by atoms with Crippen LogP contribution in [0.1, 0.15) is 40.2 Å². The van der Waals surface area contributed by atoms with Gasteiger partial charge in [-0.2, -0.15) is 0 Å². The molecule has 0 N–H and O–H groups in total. The largest absolute Gasteiger partial charge is 0.378 e. The number of hydrogen-bond donors (Lipinski definition) is 0. The van der Waals surface area contributed by atoms with Gasteiger partial charge in [0, 0.05) is 19.3 Å². The molecule has 19 heavy (non-hydrogen) atoms. The zero-order valence-electron chi connectivity index (χ0n) is 12.9. The van der Waals surface area contributed by atoms with Crippen molar-refractivity contribution in [1.82, 2.24) is 4.98 Å². The van der Waals surface area contributed by atoms with Crippen LogP contribution in [0, 0.1) is 5.41 Å². The summed E-state index contributed by atoms with van der Waals surface area (Å²) in [4.78, 5) is 6.94. The van der Waals surface area contributed by atoms with Crippen molar-refractivity contribution < 1.29 is 4.74 Å². The van der Waals surface area contributed by atoms with Gasteiger partial charge in [-0.05, 0) is 22.5 Å². The molecule has 1 saturated heterocycles. The molecule has 0 spiro atoms. The Bertz CT molecular complexity index is 411. The molecule has 1 aliphatic heterocycles. The van der Waals surface area contributed by atoms with Crippen LogP contribution < -0.4 is 4.90 Å². The first kappa shape index (κ1) is 14.3. The zero-order valence-corrected chi connectivity index (χ0v) is 12.9. The highest BCUT2D eigenvalue weighted by Crippen LogP contribution is 2.40. The molecule has 1 aromatic rings. The highest BCUT2D eigenvalue weighted by Gasteiger charge is 2.34. The van der Waals surface area contributed by atoms with Gasteiger partial charge in [0.2, 0.25) is 0 Å². The summed E-state index contributed by atoms with van der Waals surface area (Å²) in [6.07, 6.45) is 2.04. The van der Waals surface area contributed by atoms with Gasteiger partial charge in [-0.25, -0.2) is 4.98 Å². The van der Waals surface area contributed by atoms with Crippen LogP contribution in [-0.4, -0.2) is 31.3 Å². The topological polar surface area (TPSA) is 25.4 Å². The predicted octanol–water partition coefficient (Wildman–Crippen LogP) is 3.24. The van der Waals surface area contributed by atoms with Crippen molar-refractivity contribution in [3.05, 3.63) is 23.9 Å². The predicted molar refractivity (Wildman–Crippen MR) is 79.8 cm³/mol. The Morgan fingerprint density at radius 3 is 2.16 bits per heavy atom. The van der Waals surface area contributed by atoms with Crippen LogP contribution in [0.25, 0.3) is 0 Å². The Hall–Kier alpha value is -1.09. The number of nitrogens with zero attached hydrogens (tertiary/aromatic N) is 2. The van der Waals surface area contributed by atoms with Crippen LogP contribution in [0.4, 0.5) is 5.82 Å². The second-order valence-corrected chi connectivity index (χ2v) is 6.88. The lowest BCUT2D eigenvalue weighted by Gasteiger charge is -2.39. The quantitative estimate of drug-likeness (QED) is 0.818. The Kier molecular flexibility index (Phi) is 3.86. The van der Waals surface area contributed by atoms with Crippen LogP contribution >= 0.6 is 0 Å². The molecule has 0 bridgehead atoms. The fourth-order valence-electron chi connectivity index (χ4n) is 2.17. The van der Waals surface area contributed by atoms with Crippen molar-refractivity contribution in [3.63, 3.8) is 0 Å². The Balaban J connectivity index is 2.18. The molecule has 0 aromatic carbocycles. The highest BCUT2D eigenvalue weighted by atomic mass is 16.5. The van der Waals surface area contributed by atoms with Crippen molar-refractivity contribution in [3.8, 4) is 0 Å². The summed E-state index contributed by atoms with van der Waals surface area (Å²) in [5, 5.41) is 0. The standard InChI is InChI=1S/C16H26N2O/c1-15(2,3)16(4,5)13-6-7-14(17-12-13)18-8-10-19-11-9-18/h6-7,12H,8-11H2,1-5H3. The van der Waals surface area contributed by atoms with E-state index in [4.69, 9.17) is 4.74 Å². The van der Waals surface area contributed by atoms with Gasteiger partial charge in [0.25, 0.3) is 0 Å². The van der Waals surface area contributed by atoms with Crippen molar-refractivity contribution >= 4 is 5.82 Å². The number of pyridine rings is 1. The molecule has 1 aliphatic rings. The molecule has 0 saturated carbocycles. The van der Waals surface area contributed by atoms with Gasteiger partial charge in [-0.3, -0.25) is 0 Å². The molecule has 0 radical (unpaired) electrons. The molecule has 2 heterocycles. The molecule has 106 valence electrons. The van der Waals surface area contributed by atoms with Crippen molar-refractivity contribution in [2.24, 2.45) is 5.41 Å². The molecular weight excluding hydrogens is 236 g/mol. The van der Waals surface area contributed by atoms with Crippen molar-refractivity contribution in [1.29, 1.82) is 0 Å². The Morgan fingerprint density at radius 2 is 1.68 bits per heavy atom. The first-order valence-corrected chi connectivity index (χ1v) is 7.11. The summed E-state index contributed by atoms with van der Waals surface area (Å²) in [7, 11) is 0. The van der Waals surface area contributed by atoms with Gasteiger partial charge < -0.3 is 9.64 Å². The van der Waals surface area contributed by atoms with Crippen LogP contribution in [0.15, 0.2) is 18.3 Å². The second-order valence-electron chi connectivity index (χ2n) is 6.88. The fourth-order valence-corrected chi connectivity index (χ4v) is 2.17. The van der Waals surface area contributed by atoms with E-state index in [1.807, 2.05) is 6.20 Å². The first-order valence-electron chi connectivity index (χ1n) is 7.11. The molecule has 1 aromatic heterocycles. The van der Waals surface area contributed by atoms with Crippen molar-refractivity contribution in [2.45, 2.75) is 40.0 Å². The van der Waals surface area contributed by atoms with E-state index in [0.717, 1.165) is 32.1 Å². The van der Waals surface area contributed by atoms with Gasteiger partial charge in [-0.1, -0.05) is 40.7 Å². The number of morpholine rings is 1.